The average Bonchev–Trinajstić information content (AvgIpc) is 2.83. The van der Waals surface area contributed by atoms with E-state index in [9.17, 15) is 9.59 Å². The van der Waals surface area contributed by atoms with Crippen LogP contribution in [-0.2, 0) is 11.3 Å². The molecule has 0 unspecified atom stereocenters. The van der Waals surface area contributed by atoms with Crippen LogP contribution >= 0.6 is 11.3 Å². The van der Waals surface area contributed by atoms with Crippen LogP contribution in [0.1, 0.15) is 10.5 Å². The number of aromatic nitrogens is 2. The fourth-order valence-electron chi connectivity index (χ4n) is 1.41. The molecule has 0 aliphatic heterocycles. The number of primary amides is 1. The zero-order chi connectivity index (χ0) is 12.4. The highest BCUT2D eigenvalue weighted by atomic mass is 32.1. The van der Waals surface area contributed by atoms with E-state index in [-0.39, 0.29) is 12.2 Å². The summed E-state index contributed by atoms with van der Waals surface area (Å²) in [5, 5.41) is 14.5. The van der Waals surface area contributed by atoms with Gasteiger partial charge in [0, 0.05) is 0 Å². The van der Waals surface area contributed by atoms with Crippen molar-refractivity contribution < 1.29 is 14.7 Å². The van der Waals surface area contributed by atoms with E-state index in [0.717, 1.165) is 4.88 Å². The number of aliphatic carboxylic acids is 1. The van der Waals surface area contributed by atoms with Gasteiger partial charge < -0.3 is 10.8 Å². The van der Waals surface area contributed by atoms with Crippen molar-refractivity contribution in [1.82, 2.24) is 9.78 Å². The van der Waals surface area contributed by atoms with Gasteiger partial charge in [0.15, 0.2) is 5.69 Å². The molecule has 7 heteroatoms. The number of amides is 1. The van der Waals surface area contributed by atoms with Crippen LogP contribution < -0.4 is 5.73 Å². The summed E-state index contributed by atoms with van der Waals surface area (Å²) in [6.45, 7) is -0.305. The van der Waals surface area contributed by atoms with Crippen LogP contribution in [0.25, 0.3) is 10.6 Å². The quantitative estimate of drug-likeness (QED) is 0.839. The van der Waals surface area contributed by atoms with Gasteiger partial charge in [0.1, 0.15) is 6.54 Å². The van der Waals surface area contributed by atoms with Crippen molar-refractivity contribution in [1.29, 1.82) is 0 Å². The molecule has 2 aromatic rings. The van der Waals surface area contributed by atoms with Gasteiger partial charge in [-0.3, -0.25) is 14.3 Å². The van der Waals surface area contributed by atoms with Gasteiger partial charge in [0.05, 0.1) is 10.6 Å². The molecule has 88 valence electrons. The summed E-state index contributed by atoms with van der Waals surface area (Å²) in [6, 6.07) is 5.16. The molecular formula is C10H9N3O3S. The van der Waals surface area contributed by atoms with Gasteiger partial charge >= 0.3 is 5.97 Å². The minimum Gasteiger partial charge on any atom is -0.480 e. The van der Waals surface area contributed by atoms with Crippen molar-refractivity contribution in [2.75, 3.05) is 0 Å². The first-order valence-electron chi connectivity index (χ1n) is 4.71. The summed E-state index contributed by atoms with van der Waals surface area (Å²) < 4.78 is 1.26. The third-order valence-electron chi connectivity index (χ3n) is 2.09. The Balaban J connectivity index is 2.48. The Morgan fingerprint density at radius 2 is 2.29 bits per heavy atom. The lowest BCUT2D eigenvalue weighted by Crippen LogP contribution is -2.15. The Morgan fingerprint density at radius 3 is 2.82 bits per heavy atom. The van der Waals surface area contributed by atoms with Gasteiger partial charge in [0.25, 0.3) is 5.91 Å². The predicted octanol–water partition coefficient (Wildman–Crippen LogP) is 0.795. The monoisotopic (exact) mass is 251 g/mol. The summed E-state index contributed by atoms with van der Waals surface area (Å²) in [4.78, 5) is 22.6. The molecule has 0 atom stereocenters. The maximum atomic E-state index is 11.0. The second kappa shape index (κ2) is 4.38. The number of nitrogens with two attached hydrogens (primary N) is 1. The van der Waals surface area contributed by atoms with Crippen molar-refractivity contribution in [2.24, 2.45) is 5.73 Å². The molecule has 0 radical (unpaired) electrons. The lowest BCUT2D eigenvalue weighted by atomic mass is 10.3. The molecule has 0 saturated heterocycles. The van der Waals surface area contributed by atoms with Crippen molar-refractivity contribution in [3.63, 3.8) is 0 Å². The van der Waals surface area contributed by atoms with Crippen molar-refractivity contribution >= 4 is 23.2 Å². The Bertz CT molecular complexity index is 559. The second-order valence-electron chi connectivity index (χ2n) is 3.31. The number of carbonyl (C=O) groups excluding carboxylic acids is 1. The van der Waals surface area contributed by atoms with Crippen LogP contribution in [0.5, 0.6) is 0 Å². The molecule has 2 heterocycles. The van der Waals surface area contributed by atoms with Crippen LogP contribution in [0.2, 0.25) is 0 Å². The highest BCUT2D eigenvalue weighted by Crippen LogP contribution is 2.25. The number of carboxylic acid groups (broad SMARTS) is 1. The van der Waals surface area contributed by atoms with E-state index in [0.29, 0.717) is 5.69 Å². The molecule has 0 aliphatic rings. The fourth-order valence-corrected chi connectivity index (χ4v) is 2.15. The normalized spacial score (nSPS) is 10.4. The minimum atomic E-state index is -1.03. The molecule has 1 amide bonds. The van der Waals surface area contributed by atoms with Crippen molar-refractivity contribution in [3.05, 3.63) is 29.3 Å². The average molecular weight is 251 g/mol. The van der Waals surface area contributed by atoms with Crippen LogP contribution in [0.3, 0.4) is 0 Å². The lowest BCUT2D eigenvalue weighted by Gasteiger charge is -2.01. The molecule has 0 aromatic carbocycles. The van der Waals surface area contributed by atoms with E-state index < -0.39 is 11.9 Å². The van der Waals surface area contributed by atoms with Crippen LogP contribution in [-0.4, -0.2) is 26.8 Å². The van der Waals surface area contributed by atoms with Crippen LogP contribution in [0, 0.1) is 0 Å². The minimum absolute atomic E-state index is 0.0645. The first-order chi connectivity index (χ1) is 8.08. The van der Waals surface area contributed by atoms with Crippen LogP contribution in [0.15, 0.2) is 23.6 Å². The van der Waals surface area contributed by atoms with E-state index >= 15 is 0 Å². The predicted molar refractivity (Wildman–Crippen MR) is 61.7 cm³/mol. The standard InChI is InChI=1S/C10H9N3O3S/c11-10(16)6-4-7(8-2-1-3-17-8)13(12-6)5-9(14)15/h1-4H,5H2,(H2,11,16)(H,14,15). The molecule has 17 heavy (non-hydrogen) atoms. The number of carboxylic acids is 1. The molecule has 6 nitrogen and oxygen atoms in total. The zero-order valence-electron chi connectivity index (χ0n) is 8.66. The summed E-state index contributed by atoms with van der Waals surface area (Å²) in [5.74, 6) is -1.70. The highest BCUT2D eigenvalue weighted by Gasteiger charge is 2.15. The Labute approximate surface area is 100 Å². The highest BCUT2D eigenvalue weighted by molar-refractivity contribution is 7.13. The first kappa shape index (κ1) is 11.3. The number of carbonyl (C=O) groups is 2. The third-order valence-corrected chi connectivity index (χ3v) is 2.98. The number of nitrogens with zero attached hydrogens (tertiary/aromatic N) is 2. The molecule has 0 spiro atoms. The third kappa shape index (κ3) is 2.34. The molecule has 2 aromatic heterocycles. The van der Waals surface area contributed by atoms with E-state index in [1.54, 1.807) is 0 Å². The summed E-state index contributed by atoms with van der Waals surface area (Å²) >= 11 is 1.44. The molecule has 0 fully saturated rings. The summed E-state index contributed by atoms with van der Waals surface area (Å²) in [7, 11) is 0. The van der Waals surface area contributed by atoms with Gasteiger partial charge in [-0.25, -0.2) is 0 Å². The van der Waals surface area contributed by atoms with Crippen LogP contribution in [0.4, 0.5) is 0 Å². The Hall–Kier alpha value is -2.15. The maximum absolute atomic E-state index is 11.0. The van der Waals surface area contributed by atoms with Gasteiger partial charge in [0.2, 0.25) is 0 Å². The van der Waals surface area contributed by atoms with Crippen molar-refractivity contribution in [2.45, 2.75) is 6.54 Å². The number of rotatable bonds is 4. The van der Waals surface area contributed by atoms with Crippen molar-refractivity contribution in [3.8, 4) is 10.6 Å². The van der Waals surface area contributed by atoms with Gasteiger partial charge in [-0.05, 0) is 17.5 Å². The fraction of sp³-hybridized carbons (Fsp3) is 0.100. The Morgan fingerprint density at radius 1 is 1.53 bits per heavy atom. The molecular weight excluding hydrogens is 242 g/mol. The van der Waals surface area contributed by atoms with E-state index in [1.807, 2.05) is 17.5 Å². The molecule has 0 aliphatic carbocycles. The topological polar surface area (TPSA) is 98.2 Å². The maximum Gasteiger partial charge on any atom is 0.325 e. The lowest BCUT2D eigenvalue weighted by molar-refractivity contribution is -0.137. The van der Waals surface area contributed by atoms with E-state index in [2.05, 4.69) is 5.10 Å². The van der Waals surface area contributed by atoms with E-state index in [4.69, 9.17) is 10.8 Å². The van der Waals surface area contributed by atoms with Gasteiger partial charge in [-0.1, -0.05) is 6.07 Å². The zero-order valence-corrected chi connectivity index (χ0v) is 9.48. The van der Waals surface area contributed by atoms with Gasteiger partial charge in [-0.15, -0.1) is 11.3 Å². The molecule has 2 rings (SSSR count). The molecule has 0 saturated carbocycles. The largest absolute Gasteiger partial charge is 0.480 e. The number of hydrogen-bond donors (Lipinski definition) is 2. The smallest absolute Gasteiger partial charge is 0.325 e. The first-order valence-corrected chi connectivity index (χ1v) is 5.59. The summed E-state index contributed by atoms with van der Waals surface area (Å²) in [6.07, 6.45) is 0. The number of thiophene rings is 1. The Kier molecular flexibility index (Phi) is 2.92. The summed E-state index contributed by atoms with van der Waals surface area (Å²) in [5.41, 5.74) is 5.77. The number of hydrogen-bond acceptors (Lipinski definition) is 4. The second-order valence-corrected chi connectivity index (χ2v) is 4.26. The molecule has 3 N–H and O–H groups in total. The SMILES string of the molecule is NC(=O)c1cc(-c2cccs2)n(CC(=O)O)n1. The van der Waals surface area contributed by atoms with E-state index in [1.165, 1.54) is 22.1 Å². The van der Waals surface area contributed by atoms with Gasteiger partial charge in [-0.2, -0.15) is 5.10 Å². The molecule has 0 bridgehead atoms.